The van der Waals surface area contributed by atoms with E-state index in [1.807, 2.05) is 52.0 Å². The van der Waals surface area contributed by atoms with E-state index in [2.05, 4.69) is 10.6 Å². The van der Waals surface area contributed by atoms with E-state index in [1.54, 1.807) is 12.1 Å². The lowest BCUT2D eigenvalue weighted by molar-refractivity contribution is 0.476. The van der Waals surface area contributed by atoms with Crippen molar-refractivity contribution in [2.24, 2.45) is 0 Å². The highest BCUT2D eigenvalue weighted by Gasteiger charge is 2.09. The Labute approximate surface area is 131 Å². The monoisotopic (exact) mass is 300 g/mol. The molecule has 4 nitrogen and oxygen atoms in total. The van der Waals surface area contributed by atoms with Gasteiger partial charge in [-0.3, -0.25) is 0 Å². The second-order valence-corrected chi connectivity index (χ2v) is 6.06. The highest BCUT2D eigenvalue weighted by molar-refractivity contribution is 5.76. The van der Waals surface area contributed by atoms with Crippen LogP contribution < -0.4 is 10.6 Å². The molecule has 2 aromatic rings. The maximum Gasteiger partial charge on any atom is 0.138 e. The lowest BCUT2D eigenvalue weighted by atomic mass is 10.0. The second-order valence-electron chi connectivity index (χ2n) is 6.06. The molecule has 0 aliphatic rings. The highest BCUT2D eigenvalue weighted by atomic mass is 16.3. The SMILES string of the molecule is CC(C)Nc1cc(-c2ccc(O)c(NC(C)C)c2)ccc1O. The van der Waals surface area contributed by atoms with Crippen LogP contribution in [0.5, 0.6) is 11.5 Å². The average Bonchev–Trinajstić information content (AvgIpc) is 2.43. The minimum Gasteiger partial charge on any atom is -0.506 e. The fourth-order valence-electron chi connectivity index (χ4n) is 2.28. The van der Waals surface area contributed by atoms with E-state index >= 15 is 0 Å². The van der Waals surface area contributed by atoms with Gasteiger partial charge in [-0.15, -0.1) is 0 Å². The number of aromatic hydroxyl groups is 2. The van der Waals surface area contributed by atoms with Crippen LogP contribution in [0.15, 0.2) is 36.4 Å². The third-order valence-electron chi connectivity index (χ3n) is 3.21. The second kappa shape index (κ2) is 6.60. The Morgan fingerprint density at radius 3 is 1.36 bits per heavy atom. The molecule has 0 unspecified atom stereocenters. The number of anilines is 2. The van der Waals surface area contributed by atoms with E-state index in [0.717, 1.165) is 11.1 Å². The van der Waals surface area contributed by atoms with E-state index in [9.17, 15) is 10.2 Å². The minimum atomic E-state index is 0.233. The van der Waals surface area contributed by atoms with Gasteiger partial charge >= 0.3 is 0 Å². The normalized spacial score (nSPS) is 11.0. The predicted octanol–water partition coefficient (Wildman–Crippen LogP) is 4.41. The van der Waals surface area contributed by atoms with Crippen molar-refractivity contribution < 1.29 is 10.2 Å². The first kappa shape index (κ1) is 16.0. The van der Waals surface area contributed by atoms with Crippen molar-refractivity contribution in [3.63, 3.8) is 0 Å². The molecule has 22 heavy (non-hydrogen) atoms. The van der Waals surface area contributed by atoms with E-state index in [1.165, 1.54) is 0 Å². The predicted molar refractivity (Wildman–Crippen MR) is 92.7 cm³/mol. The molecule has 0 saturated carbocycles. The summed E-state index contributed by atoms with van der Waals surface area (Å²) < 4.78 is 0. The molecule has 0 aliphatic heterocycles. The molecule has 0 spiro atoms. The van der Waals surface area contributed by atoms with Gasteiger partial charge in [-0.1, -0.05) is 12.1 Å². The molecule has 118 valence electrons. The molecule has 4 heteroatoms. The first-order chi connectivity index (χ1) is 10.4. The molecule has 0 saturated heterocycles. The van der Waals surface area contributed by atoms with E-state index in [0.29, 0.717) is 11.4 Å². The van der Waals surface area contributed by atoms with E-state index < -0.39 is 0 Å². The number of hydrogen-bond acceptors (Lipinski definition) is 4. The average molecular weight is 300 g/mol. The molecular formula is C18H24N2O2. The Kier molecular flexibility index (Phi) is 4.81. The van der Waals surface area contributed by atoms with Crippen molar-refractivity contribution in [2.45, 2.75) is 39.8 Å². The Morgan fingerprint density at radius 2 is 1.05 bits per heavy atom. The number of phenolic OH excluding ortho intramolecular Hbond substituents is 2. The van der Waals surface area contributed by atoms with Crippen LogP contribution in [0.1, 0.15) is 27.7 Å². The first-order valence-corrected chi connectivity index (χ1v) is 7.56. The molecule has 0 aliphatic carbocycles. The number of phenols is 2. The number of hydrogen-bond donors (Lipinski definition) is 4. The van der Waals surface area contributed by atoms with Crippen LogP contribution in [0, 0.1) is 0 Å². The smallest absolute Gasteiger partial charge is 0.138 e. The van der Waals surface area contributed by atoms with Crippen LogP contribution in [0.2, 0.25) is 0 Å². The van der Waals surface area contributed by atoms with Crippen molar-refractivity contribution in [3.05, 3.63) is 36.4 Å². The quantitative estimate of drug-likeness (QED) is 0.618. The molecule has 0 fully saturated rings. The van der Waals surface area contributed by atoms with Gasteiger partial charge in [0, 0.05) is 12.1 Å². The molecule has 0 atom stereocenters. The summed E-state index contributed by atoms with van der Waals surface area (Å²) >= 11 is 0. The van der Waals surface area contributed by atoms with Gasteiger partial charge in [0.2, 0.25) is 0 Å². The summed E-state index contributed by atoms with van der Waals surface area (Å²) in [7, 11) is 0. The molecular weight excluding hydrogens is 276 g/mol. The molecule has 0 heterocycles. The highest BCUT2D eigenvalue weighted by Crippen LogP contribution is 2.34. The third kappa shape index (κ3) is 3.85. The molecule has 0 bridgehead atoms. The van der Waals surface area contributed by atoms with Gasteiger partial charge in [-0.25, -0.2) is 0 Å². The maximum absolute atomic E-state index is 9.93. The Morgan fingerprint density at radius 1 is 0.682 bits per heavy atom. The molecule has 2 rings (SSSR count). The number of nitrogens with one attached hydrogen (secondary N) is 2. The van der Waals surface area contributed by atoms with Crippen LogP contribution in [-0.2, 0) is 0 Å². The molecule has 4 N–H and O–H groups in total. The molecule has 0 aromatic heterocycles. The van der Waals surface area contributed by atoms with Gasteiger partial charge in [-0.05, 0) is 63.1 Å². The molecule has 0 radical (unpaired) electrons. The summed E-state index contributed by atoms with van der Waals surface area (Å²) in [6.45, 7) is 8.10. The summed E-state index contributed by atoms with van der Waals surface area (Å²) in [5.41, 5.74) is 3.37. The fraction of sp³-hybridized carbons (Fsp3) is 0.333. The van der Waals surface area contributed by atoms with Crippen LogP contribution in [0.25, 0.3) is 11.1 Å². The standard InChI is InChI=1S/C18H24N2O2/c1-11(2)19-15-9-13(5-7-17(15)21)14-6-8-18(22)16(10-14)20-12(3)4/h5-12,19-22H,1-4H3. The fourth-order valence-corrected chi connectivity index (χ4v) is 2.28. The van der Waals surface area contributed by atoms with Gasteiger partial charge < -0.3 is 20.8 Å². The summed E-state index contributed by atoms with van der Waals surface area (Å²) in [6.07, 6.45) is 0. The Balaban J connectivity index is 2.39. The Hall–Kier alpha value is -2.36. The van der Waals surface area contributed by atoms with Crippen LogP contribution >= 0.6 is 0 Å². The van der Waals surface area contributed by atoms with Crippen molar-refractivity contribution >= 4 is 11.4 Å². The van der Waals surface area contributed by atoms with Crippen molar-refractivity contribution in [1.29, 1.82) is 0 Å². The van der Waals surface area contributed by atoms with Crippen LogP contribution in [0.3, 0.4) is 0 Å². The van der Waals surface area contributed by atoms with Gasteiger partial charge in [0.25, 0.3) is 0 Å². The lowest BCUT2D eigenvalue weighted by Gasteiger charge is -2.15. The van der Waals surface area contributed by atoms with Crippen LogP contribution in [-0.4, -0.2) is 22.3 Å². The zero-order chi connectivity index (χ0) is 16.3. The van der Waals surface area contributed by atoms with Gasteiger partial charge in [0.15, 0.2) is 0 Å². The first-order valence-electron chi connectivity index (χ1n) is 7.56. The van der Waals surface area contributed by atoms with Gasteiger partial charge in [0.1, 0.15) is 11.5 Å². The zero-order valence-corrected chi connectivity index (χ0v) is 13.5. The van der Waals surface area contributed by atoms with Crippen molar-refractivity contribution in [1.82, 2.24) is 0 Å². The molecule has 2 aromatic carbocycles. The summed E-state index contributed by atoms with van der Waals surface area (Å²) in [5, 5.41) is 26.3. The zero-order valence-electron chi connectivity index (χ0n) is 13.5. The number of rotatable bonds is 5. The molecule has 0 amide bonds. The van der Waals surface area contributed by atoms with Gasteiger partial charge in [0.05, 0.1) is 11.4 Å². The minimum absolute atomic E-state index is 0.233. The summed E-state index contributed by atoms with van der Waals surface area (Å²) in [4.78, 5) is 0. The van der Waals surface area contributed by atoms with E-state index in [4.69, 9.17) is 0 Å². The van der Waals surface area contributed by atoms with Crippen molar-refractivity contribution in [3.8, 4) is 22.6 Å². The lowest BCUT2D eigenvalue weighted by Crippen LogP contribution is -2.10. The van der Waals surface area contributed by atoms with E-state index in [-0.39, 0.29) is 23.6 Å². The summed E-state index contributed by atoms with van der Waals surface area (Å²) in [6, 6.07) is 11.4. The Bertz CT molecular complexity index is 594. The van der Waals surface area contributed by atoms with Crippen LogP contribution in [0.4, 0.5) is 11.4 Å². The number of benzene rings is 2. The third-order valence-corrected chi connectivity index (χ3v) is 3.21. The largest absolute Gasteiger partial charge is 0.506 e. The maximum atomic E-state index is 9.93. The van der Waals surface area contributed by atoms with Crippen molar-refractivity contribution in [2.75, 3.05) is 10.6 Å². The van der Waals surface area contributed by atoms with Gasteiger partial charge in [-0.2, -0.15) is 0 Å². The summed E-state index contributed by atoms with van der Waals surface area (Å²) in [5.74, 6) is 0.466. The topological polar surface area (TPSA) is 64.5 Å².